The van der Waals surface area contributed by atoms with Crippen LogP contribution in [0.2, 0.25) is 0 Å². The molecule has 6 nitrogen and oxygen atoms in total. The molecule has 0 saturated heterocycles. The molecule has 0 spiro atoms. The molecule has 1 aliphatic rings. The number of hydrogen-bond donors (Lipinski definition) is 2. The van der Waals surface area contributed by atoms with Crippen LogP contribution in [0, 0.1) is 0 Å². The van der Waals surface area contributed by atoms with Crippen molar-refractivity contribution in [3.63, 3.8) is 0 Å². The molecule has 3 aromatic rings. The van der Waals surface area contributed by atoms with Gasteiger partial charge in [0.05, 0.1) is 30.4 Å². The number of alkyl halides is 6. The maximum Gasteiger partial charge on any atom is 0.416 e. The van der Waals surface area contributed by atoms with E-state index in [-0.39, 0.29) is 23.6 Å². The minimum atomic E-state index is -4.92. The molecule has 1 saturated carbocycles. The summed E-state index contributed by atoms with van der Waals surface area (Å²) in [5, 5.41) is 6.24. The number of likely N-dealkylation sites (N-methyl/N-ethyl adjacent to an activating group) is 1. The molecule has 0 amide bonds. The predicted octanol–water partition coefficient (Wildman–Crippen LogP) is 5.10. The first-order valence-corrected chi connectivity index (χ1v) is 11.2. The van der Waals surface area contributed by atoms with Crippen molar-refractivity contribution in [3.8, 4) is 0 Å². The third-order valence-electron chi connectivity index (χ3n) is 6.37. The summed E-state index contributed by atoms with van der Waals surface area (Å²) in [6.45, 7) is -0.0633. The fourth-order valence-electron chi connectivity index (χ4n) is 4.78. The van der Waals surface area contributed by atoms with E-state index in [0.29, 0.717) is 37.3 Å². The van der Waals surface area contributed by atoms with Crippen LogP contribution in [0.3, 0.4) is 0 Å². The zero-order chi connectivity index (χ0) is 26.1. The van der Waals surface area contributed by atoms with Crippen molar-refractivity contribution >= 4 is 0 Å². The van der Waals surface area contributed by atoms with Gasteiger partial charge in [-0.1, -0.05) is 30.3 Å². The summed E-state index contributed by atoms with van der Waals surface area (Å²) in [5.41, 5.74) is -2.42. The largest absolute Gasteiger partial charge is 0.416 e. The number of halogens is 6. The number of aromatic nitrogens is 3. The Balaban J connectivity index is 1.56. The van der Waals surface area contributed by atoms with Crippen LogP contribution in [-0.2, 0) is 30.2 Å². The molecular formula is C24H24F6N4O2. The average molecular weight is 514 g/mol. The van der Waals surface area contributed by atoms with Crippen LogP contribution in [-0.4, -0.2) is 39.3 Å². The Labute approximate surface area is 202 Å². The number of benzene rings is 2. The van der Waals surface area contributed by atoms with Gasteiger partial charge < -0.3 is 4.74 Å². The van der Waals surface area contributed by atoms with Crippen LogP contribution in [0.5, 0.6) is 0 Å². The maximum atomic E-state index is 13.2. The Hall–Kier alpha value is -3.12. The van der Waals surface area contributed by atoms with Gasteiger partial charge in [0.15, 0.2) is 0 Å². The van der Waals surface area contributed by atoms with Gasteiger partial charge in [-0.2, -0.15) is 31.4 Å². The van der Waals surface area contributed by atoms with Crippen LogP contribution < -0.4 is 5.69 Å². The van der Waals surface area contributed by atoms with E-state index >= 15 is 0 Å². The van der Waals surface area contributed by atoms with Gasteiger partial charge in [0.1, 0.15) is 5.82 Å². The van der Waals surface area contributed by atoms with Crippen molar-refractivity contribution in [2.75, 3.05) is 7.05 Å². The van der Waals surface area contributed by atoms with Crippen molar-refractivity contribution < 1.29 is 31.1 Å². The summed E-state index contributed by atoms with van der Waals surface area (Å²) in [5.74, 6) is 0.247. The van der Waals surface area contributed by atoms with Crippen molar-refractivity contribution in [2.45, 2.75) is 56.4 Å². The van der Waals surface area contributed by atoms with E-state index in [4.69, 9.17) is 4.74 Å². The molecule has 2 aromatic carbocycles. The molecular weight excluding hydrogens is 490 g/mol. The smallest absolute Gasteiger partial charge is 0.373 e. The first kappa shape index (κ1) is 26.0. The second kappa shape index (κ2) is 10.1. The molecule has 1 fully saturated rings. The highest BCUT2D eigenvalue weighted by Crippen LogP contribution is 2.41. The number of H-pyrrole nitrogens is 2. The lowest BCUT2D eigenvalue weighted by molar-refractivity contribution is -0.143. The molecule has 3 unspecified atom stereocenters. The molecule has 3 atom stereocenters. The van der Waals surface area contributed by atoms with Crippen molar-refractivity contribution in [3.05, 3.63) is 87.1 Å². The summed E-state index contributed by atoms with van der Waals surface area (Å²) < 4.78 is 85.4. The van der Waals surface area contributed by atoms with E-state index in [1.807, 2.05) is 42.3 Å². The molecule has 194 valence electrons. The molecule has 36 heavy (non-hydrogen) atoms. The molecule has 12 heteroatoms. The Bertz CT molecular complexity index is 1190. The number of hydrogen-bond acceptors (Lipinski definition) is 4. The number of rotatable bonds is 7. The van der Waals surface area contributed by atoms with Gasteiger partial charge in [-0.3, -0.25) is 9.88 Å². The van der Waals surface area contributed by atoms with Crippen molar-refractivity contribution in [1.29, 1.82) is 0 Å². The topological polar surface area (TPSA) is 74.0 Å². The Morgan fingerprint density at radius 1 is 1.00 bits per heavy atom. The average Bonchev–Trinajstić information content (AvgIpc) is 3.42. The Morgan fingerprint density at radius 3 is 2.19 bits per heavy atom. The lowest BCUT2D eigenvalue weighted by atomic mass is 9.91. The summed E-state index contributed by atoms with van der Waals surface area (Å²) in [6.07, 6.45) is -9.06. The quantitative estimate of drug-likeness (QED) is 0.431. The standard InChI is InChI=1S/C24H24F6N4O2/c1-34(12-20-31-22(35)33-32-20)18-7-8-19(21(18)15-5-3-2-4-6-15)36-13-14-9-16(23(25,26)27)11-17(10-14)24(28,29)30/h2-6,9-11,18-19,21H,7-8,12-13H2,1H3,(H2,31,32,33,35). The minimum absolute atomic E-state index is 0.0650. The fraction of sp³-hybridized carbons (Fsp3) is 0.417. The highest BCUT2D eigenvalue weighted by atomic mass is 19.4. The van der Waals surface area contributed by atoms with E-state index in [1.54, 1.807) is 0 Å². The Kier molecular flexibility index (Phi) is 7.28. The monoisotopic (exact) mass is 514 g/mol. The van der Waals surface area contributed by atoms with Gasteiger partial charge >= 0.3 is 18.0 Å². The third kappa shape index (κ3) is 5.98. The van der Waals surface area contributed by atoms with Gasteiger partial charge in [-0.05, 0) is 49.2 Å². The molecule has 4 rings (SSSR count). The summed E-state index contributed by atoms with van der Waals surface area (Å²) >= 11 is 0. The van der Waals surface area contributed by atoms with Crippen LogP contribution in [0.4, 0.5) is 26.3 Å². The normalized spacial score (nSPS) is 20.8. The molecule has 1 heterocycles. The summed E-state index contributed by atoms with van der Waals surface area (Å²) in [7, 11) is 1.86. The lowest BCUT2D eigenvalue weighted by Crippen LogP contribution is -2.36. The molecule has 0 bridgehead atoms. The van der Waals surface area contributed by atoms with E-state index in [0.717, 1.165) is 5.56 Å². The number of aromatic amines is 2. The van der Waals surface area contributed by atoms with Gasteiger partial charge in [0.25, 0.3) is 0 Å². The van der Waals surface area contributed by atoms with Gasteiger partial charge in [0.2, 0.25) is 0 Å². The summed E-state index contributed by atoms with van der Waals surface area (Å²) in [4.78, 5) is 16.0. The highest BCUT2D eigenvalue weighted by molar-refractivity contribution is 5.33. The van der Waals surface area contributed by atoms with E-state index in [9.17, 15) is 31.1 Å². The zero-order valence-electron chi connectivity index (χ0n) is 19.2. The number of ether oxygens (including phenoxy) is 1. The number of nitrogens with one attached hydrogen (secondary N) is 2. The van der Waals surface area contributed by atoms with E-state index in [2.05, 4.69) is 15.2 Å². The van der Waals surface area contributed by atoms with Crippen LogP contribution in [0.1, 0.15) is 46.8 Å². The van der Waals surface area contributed by atoms with Crippen molar-refractivity contribution in [1.82, 2.24) is 20.1 Å². The van der Waals surface area contributed by atoms with Crippen LogP contribution in [0.15, 0.2) is 53.3 Å². The van der Waals surface area contributed by atoms with E-state index in [1.165, 1.54) is 0 Å². The van der Waals surface area contributed by atoms with Crippen LogP contribution >= 0.6 is 0 Å². The maximum absolute atomic E-state index is 13.2. The predicted molar refractivity (Wildman–Crippen MR) is 118 cm³/mol. The minimum Gasteiger partial charge on any atom is -0.373 e. The van der Waals surface area contributed by atoms with Gasteiger partial charge in [0, 0.05) is 12.0 Å². The highest BCUT2D eigenvalue weighted by Gasteiger charge is 2.41. The van der Waals surface area contributed by atoms with E-state index < -0.39 is 41.9 Å². The molecule has 0 radical (unpaired) electrons. The second-order valence-corrected chi connectivity index (χ2v) is 8.88. The van der Waals surface area contributed by atoms with Gasteiger partial charge in [-0.15, -0.1) is 0 Å². The zero-order valence-corrected chi connectivity index (χ0v) is 19.2. The molecule has 0 aliphatic heterocycles. The lowest BCUT2D eigenvalue weighted by Gasteiger charge is -2.32. The second-order valence-electron chi connectivity index (χ2n) is 8.88. The first-order chi connectivity index (χ1) is 16.9. The summed E-state index contributed by atoms with van der Waals surface area (Å²) in [6, 6.07) is 10.8. The van der Waals surface area contributed by atoms with Gasteiger partial charge in [-0.25, -0.2) is 9.89 Å². The molecule has 1 aromatic heterocycles. The fourth-order valence-corrected chi connectivity index (χ4v) is 4.78. The molecule has 1 aliphatic carbocycles. The van der Waals surface area contributed by atoms with Crippen LogP contribution in [0.25, 0.3) is 0 Å². The van der Waals surface area contributed by atoms with Crippen molar-refractivity contribution in [2.24, 2.45) is 0 Å². The first-order valence-electron chi connectivity index (χ1n) is 11.2. The SMILES string of the molecule is CN(Cc1n[nH]c(=O)[nH]1)C1CCC(OCc2cc(C(F)(F)F)cc(C(F)(F)F)c2)C1c1ccccc1. The molecule has 2 N–H and O–H groups in total. The Morgan fingerprint density at radius 2 is 1.64 bits per heavy atom. The third-order valence-corrected chi connectivity index (χ3v) is 6.37. The number of nitrogens with zero attached hydrogens (tertiary/aromatic N) is 2.